The van der Waals surface area contributed by atoms with Crippen LogP contribution >= 0.6 is 0 Å². The van der Waals surface area contributed by atoms with E-state index in [1.165, 1.54) is 35.1 Å². The number of benzene rings is 2. The summed E-state index contributed by atoms with van der Waals surface area (Å²) in [4.78, 5) is 0. The second-order valence-electron chi connectivity index (χ2n) is 7.14. The van der Waals surface area contributed by atoms with Gasteiger partial charge in [-0.3, -0.25) is 0 Å². The normalized spacial score (nSPS) is 25.1. The molecule has 0 bridgehead atoms. The number of hydrogen-bond donors (Lipinski definition) is 1. The molecule has 2 heteroatoms. The van der Waals surface area contributed by atoms with Gasteiger partial charge >= 0.3 is 0 Å². The topological polar surface area (TPSA) is 21.3 Å². The third-order valence-electron chi connectivity index (χ3n) is 5.45. The predicted octanol–water partition coefficient (Wildman–Crippen LogP) is 5.33. The molecule has 2 atom stereocenters. The first kappa shape index (κ1) is 17.8. The maximum absolute atomic E-state index is 6.24. The molecule has 0 saturated heterocycles. The largest absolute Gasteiger partial charge is 0.387 e. The highest BCUT2D eigenvalue weighted by Crippen LogP contribution is 2.47. The number of methoxy groups -OCH3 is 1. The van der Waals surface area contributed by atoms with E-state index in [2.05, 4.69) is 80.0 Å². The van der Waals surface area contributed by atoms with Gasteiger partial charge in [0.25, 0.3) is 0 Å². The van der Waals surface area contributed by atoms with Gasteiger partial charge in [0.1, 0.15) is 5.60 Å². The lowest BCUT2D eigenvalue weighted by molar-refractivity contribution is -0.0434. The summed E-state index contributed by atoms with van der Waals surface area (Å²) in [7, 11) is 1.86. The van der Waals surface area contributed by atoms with Gasteiger partial charge in [0.2, 0.25) is 0 Å². The van der Waals surface area contributed by atoms with Gasteiger partial charge in [-0.25, -0.2) is 0 Å². The van der Waals surface area contributed by atoms with Gasteiger partial charge in [0.15, 0.2) is 0 Å². The molecule has 25 heavy (non-hydrogen) atoms. The zero-order chi connectivity index (χ0) is 17.7. The zero-order valence-electron chi connectivity index (χ0n) is 15.6. The van der Waals surface area contributed by atoms with Crippen molar-refractivity contribution in [2.45, 2.75) is 45.3 Å². The third kappa shape index (κ3) is 3.64. The molecular weight excluding hydrogens is 306 g/mol. The van der Waals surface area contributed by atoms with E-state index in [0.717, 1.165) is 13.0 Å². The summed E-state index contributed by atoms with van der Waals surface area (Å²) >= 11 is 0. The quantitative estimate of drug-likeness (QED) is 0.797. The molecule has 0 radical (unpaired) electrons. The fourth-order valence-electron chi connectivity index (χ4n) is 4.17. The highest BCUT2D eigenvalue weighted by atomic mass is 16.5. The summed E-state index contributed by atoms with van der Waals surface area (Å²) in [5.41, 5.74) is 4.88. The lowest BCUT2D eigenvalue weighted by Gasteiger charge is -2.44. The van der Waals surface area contributed by atoms with E-state index in [-0.39, 0.29) is 5.60 Å². The highest BCUT2D eigenvalue weighted by Gasteiger charge is 2.43. The molecule has 1 saturated carbocycles. The monoisotopic (exact) mass is 335 g/mol. The van der Waals surface area contributed by atoms with Crippen LogP contribution in [0.4, 0.5) is 0 Å². The van der Waals surface area contributed by atoms with Crippen molar-refractivity contribution in [2.24, 2.45) is 5.92 Å². The standard InChI is InChI=1S/C23H29NO/c1-18-9-7-13-21(15-18)23(25-3)19(2)10-8-14-22(23)17-24-16-20-11-5-4-6-12-20/h4-7,9,11-13,15,17,19,24H,8,10,14,16H2,1-3H3/b22-17+. The van der Waals surface area contributed by atoms with Gasteiger partial charge in [-0.1, -0.05) is 67.1 Å². The van der Waals surface area contributed by atoms with Crippen molar-refractivity contribution in [3.8, 4) is 0 Å². The molecule has 0 aromatic heterocycles. The molecule has 2 aromatic carbocycles. The van der Waals surface area contributed by atoms with Crippen molar-refractivity contribution < 1.29 is 4.74 Å². The van der Waals surface area contributed by atoms with E-state index >= 15 is 0 Å². The van der Waals surface area contributed by atoms with E-state index in [0.29, 0.717) is 5.92 Å². The smallest absolute Gasteiger partial charge is 0.118 e. The van der Waals surface area contributed by atoms with Crippen LogP contribution in [-0.2, 0) is 16.9 Å². The van der Waals surface area contributed by atoms with Gasteiger partial charge in [0, 0.05) is 13.7 Å². The molecule has 0 spiro atoms. The third-order valence-corrected chi connectivity index (χ3v) is 5.45. The molecule has 0 heterocycles. The first-order valence-electron chi connectivity index (χ1n) is 9.26. The van der Waals surface area contributed by atoms with Crippen molar-refractivity contribution in [1.29, 1.82) is 0 Å². The van der Waals surface area contributed by atoms with Gasteiger partial charge in [-0.2, -0.15) is 0 Å². The maximum atomic E-state index is 6.24. The van der Waals surface area contributed by atoms with Crippen LogP contribution in [0.3, 0.4) is 0 Å². The Morgan fingerprint density at radius 3 is 2.68 bits per heavy atom. The Balaban J connectivity index is 1.90. The first-order valence-corrected chi connectivity index (χ1v) is 9.26. The molecule has 2 nitrogen and oxygen atoms in total. The second-order valence-corrected chi connectivity index (χ2v) is 7.14. The lowest BCUT2D eigenvalue weighted by atomic mass is 9.69. The molecule has 1 fully saturated rings. The van der Waals surface area contributed by atoms with E-state index < -0.39 is 0 Å². The van der Waals surface area contributed by atoms with Crippen LogP contribution < -0.4 is 5.32 Å². The number of aryl methyl sites for hydroxylation is 1. The summed E-state index contributed by atoms with van der Waals surface area (Å²) in [5, 5.41) is 3.52. The molecule has 132 valence electrons. The van der Waals surface area contributed by atoms with E-state index in [1.807, 2.05) is 7.11 Å². The predicted molar refractivity (Wildman–Crippen MR) is 104 cm³/mol. The van der Waals surface area contributed by atoms with Crippen molar-refractivity contribution in [1.82, 2.24) is 5.32 Å². The molecule has 1 aliphatic rings. The summed E-state index contributed by atoms with van der Waals surface area (Å²) < 4.78 is 6.24. The molecule has 0 amide bonds. The van der Waals surface area contributed by atoms with Crippen LogP contribution in [0, 0.1) is 12.8 Å². The van der Waals surface area contributed by atoms with E-state index in [1.54, 1.807) is 0 Å². The van der Waals surface area contributed by atoms with Crippen molar-refractivity contribution in [3.05, 3.63) is 83.1 Å². The average Bonchev–Trinajstić information content (AvgIpc) is 2.63. The van der Waals surface area contributed by atoms with Gasteiger partial charge in [0.05, 0.1) is 0 Å². The number of ether oxygens (including phenoxy) is 1. The van der Waals surface area contributed by atoms with Crippen LogP contribution in [-0.4, -0.2) is 7.11 Å². The van der Waals surface area contributed by atoms with Gasteiger partial charge in [-0.15, -0.1) is 0 Å². The average molecular weight is 335 g/mol. The Bertz CT molecular complexity index is 722. The maximum Gasteiger partial charge on any atom is 0.118 e. The molecule has 1 aliphatic carbocycles. The summed E-state index contributed by atoms with van der Waals surface area (Å²) in [5.74, 6) is 0.456. The van der Waals surface area contributed by atoms with Crippen molar-refractivity contribution in [2.75, 3.05) is 7.11 Å². The summed E-state index contributed by atoms with van der Waals surface area (Å²) in [6.07, 6.45) is 5.69. The molecule has 3 rings (SSSR count). The van der Waals surface area contributed by atoms with Crippen LogP contribution in [0.5, 0.6) is 0 Å². The summed E-state index contributed by atoms with van der Waals surface area (Å²) in [6.45, 7) is 5.31. The van der Waals surface area contributed by atoms with Crippen molar-refractivity contribution in [3.63, 3.8) is 0 Å². The molecular formula is C23H29NO. The second kappa shape index (κ2) is 7.88. The lowest BCUT2D eigenvalue weighted by Crippen LogP contribution is -2.41. The first-order chi connectivity index (χ1) is 12.2. The molecule has 1 N–H and O–H groups in total. The number of nitrogens with one attached hydrogen (secondary N) is 1. The highest BCUT2D eigenvalue weighted by molar-refractivity contribution is 5.38. The molecule has 2 unspecified atom stereocenters. The van der Waals surface area contributed by atoms with Crippen LogP contribution in [0.1, 0.15) is 42.9 Å². The van der Waals surface area contributed by atoms with Crippen LogP contribution in [0.25, 0.3) is 0 Å². The van der Waals surface area contributed by atoms with Gasteiger partial charge in [-0.05, 0) is 55.0 Å². The minimum Gasteiger partial charge on any atom is -0.387 e. The SMILES string of the molecule is COC1(c2cccc(C)c2)/C(=C/NCc2ccccc2)CCCC1C. The minimum absolute atomic E-state index is 0.325. The fraction of sp³-hybridized carbons (Fsp3) is 0.391. The summed E-state index contributed by atoms with van der Waals surface area (Å²) in [6, 6.07) is 19.3. The Labute approximate surface area is 151 Å². The van der Waals surface area contributed by atoms with Crippen LogP contribution in [0.2, 0.25) is 0 Å². The van der Waals surface area contributed by atoms with Crippen LogP contribution in [0.15, 0.2) is 66.4 Å². The number of rotatable bonds is 5. The van der Waals surface area contributed by atoms with E-state index in [9.17, 15) is 0 Å². The Kier molecular flexibility index (Phi) is 5.60. The Hall–Kier alpha value is -2.06. The van der Waals surface area contributed by atoms with E-state index in [4.69, 9.17) is 4.74 Å². The molecule has 2 aromatic rings. The van der Waals surface area contributed by atoms with Crippen molar-refractivity contribution >= 4 is 0 Å². The minimum atomic E-state index is -0.325. The zero-order valence-corrected chi connectivity index (χ0v) is 15.6. The Morgan fingerprint density at radius 1 is 1.16 bits per heavy atom. The Morgan fingerprint density at radius 2 is 1.96 bits per heavy atom. The van der Waals surface area contributed by atoms with Gasteiger partial charge < -0.3 is 10.1 Å². The number of hydrogen-bond acceptors (Lipinski definition) is 2. The molecule has 0 aliphatic heterocycles. The fourth-order valence-corrected chi connectivity index (χ4v) is 4.17.